The number of hydrogen-bond acceptors (Lipinski definition) is 4. The number of benzene rings is 1. The Balaban J connectivity index is 2.45. The molecule has 3 nitrogen and oxygen atoms in total. The number of thiazole rings is 1. The van der Waals surface area contributed by atoms with Crippen LogP contribution >= 0.6 is 11.3 Å². The number of aryl methyl sites for hydroxylation is 1. The second-order valence-corrected chi connectivity index (χ2v) is 4.41. The molecule has 0 aliphatic rings. The molecule has 0 unspecified atom stereocenters. The van der Waals surface area contributed by atoms with Crippen LogP contribution in [-0.2, 0) is 0 Å². The van der Waals surface area contributed by atoms with Crippen LogP contribution in [0.15, 0.2) is 24.3 Å². The Morgan fingerprint density at radius 3 is 2.81 bits per heavy atom. The van der Waals surface area contributed by atoms with E-state index < -0.39 is 0 Å². The zero-order chi connectivity index (χ0) is 11.5. The molecule has 1 aromatic heterocycles. The highest BCUT2D eigenvalue weighted by Crippen LogP contribution is 2.33. The van der Waals surface area contributed by atoms with E-state index in [9.17, 15) is 0 Å². The Hall–Kier alpha value is -1.55. The minimum absolute atomic E-state index is 0.872. The number of aromatic nitrogens is 1. The molecule has 0 spiro atoms. The molecule has 0 bridgehead atoms. The van der Waals surface area contributed by atoms with Gasteiger partial charge in [0.15, 0.2) is 5.13 Å². The summed E-state index contributed by atoms with van der Waals surface area (Å²) in [5, 5.41) is 4.00. The van der Waals surface area contributed by atoms with Gasteiger partial charge in [0.25, 0.3) is 0 Å². The molecule has 16 heavy (non-hydrogen) atoms. The van der Waals surface area contributed by atoms with Crippen molar-refractivity contribution in [1.29, 1.82) is 0 Å². The van der Waals surface area contributed by atoms with Crippen molar-refractivity contribution in [3.05, 3.63) is 30.0 Å². The van der Waals surface area contributed by atoms with E-state index in [0.717, 1.165) is 22.1 Å². The molecular weight excluding hydrogens is 220 g/mol. The summed E-state index contributed by atoms with van der Waals surface area (Å²) in [6, 6.07) is 8.04. The van der Waals surface area contributed by atoms with Crippen LogP contribution in [0.5, 0.6) is 5.75 Å². The lowest BCUT2D eigenvalue weighted by Gasteiger charge is -2.02. The van der Waals surface area contributed by atoms with Crippen molar-refractivity contribution in [3.8, 4) is 16.2 Å². The maximum atomic E-state index is 5.22. The standard InChI is InChI=1S/C12H14N2OS/c1-8-11(16-12(13-2)14-8)9-5-4-6-10(7-9)15-3/h4-7H,1-3H3,(H,13,14). The quantitative estimate of drug-likeness (QED) is 0.885. The van der Waals surface area contributed by atoms with Gasteiger partial charge in [0.1, 0.15) is 5.75 Å². The summed E-state index contributed by atoms with van der Waals surface area (Å²) in [5.41, 5.74) is 2.19. The summed E-state index contributed by atoms with van der Waals surface area (Å²) in [6.07, 6.45) is 0. The monoisotopic (exact) mass is 234 g/mol. The second kappa shape index (κ2) is 4.53. The smallest absolute Gasteiger partial charge is 0.183 e. The molecule has 1 aromatic carbocycles. The Morgan fingerprint density at radius 2 is 2.19 bits per heavy atom. The third-order valence-electron chi connectivity index (χ3n) is 2.34. The lowest BCUT2D eigenvalue weighted by molar-refractivity contribution is 0.415. The molecule has 84 valence electrons. The molecule has 0 aliphatic heterocycles. The molecular formula is C12H14N2OS. The Bertz CT molecular complexity index is 494. The molecule has 0 saturated carbocycles. The van der Waals surface area contributed by atoms with E-state index in [2.05, 4.69) is 16.4 Å². The van der Waals surface area contributed by atoms with Crippen molar-refractivity contribution in [2.45, 2.75) is 6.92 Å². The minimum atomic E-state index is 0.872. The number of nitrogens with one attached hydrogen (secondary N) is 1. The summed E-state index contributed by atoms with van der Waals surface area (Å²) in [5.74, 6) is 0.872. The van der Waals surface area contributed by atoms with Crippen LogP contribution in [0.25, 0.3) is 10.4 Å². The van der Waals surface area contributed by atoms with E-state index in [4.69, 9.17) is 4.74 Å². The fourth-order valence-electron chi connectivity index (χ4n) is 1.54. The molecule has 0 amide bonds. The van der Waals surface area contributed by atoms with Crippen LogP contribution in [0.3, 0.4) is 0 Å². The molecule has 0 atom stereocenters. The summed E-state index contributed by atoms with van der Waals surface area (Å²) in [7, 11) is 3.56. The third kappa shape index (κ3) is 2.02. The van der Waals surface area contributed by atoms with E-state index in [1.165, 1.54) is 4.88 Å². The van der Waals surface area contributed by atoms with E-state index >= 15 is 0 Å². The first-order valence-corrected chi connectivity index (χ1v) is 5.86. The number of hydrogen-bond donors (Lipinski definition) is 1. The van der Waals surface area contributed by atoms with Gasteiger partial charge in [0.05, 0.1) is 17.7 Å². The van der Waals surface area contributed by atoms with Gasteiger partial charge in [-0.2, -0.15) is 0 Å². The average Bonchev–Trinajstić information content (AvgIpc) is 2.71. The van der Waals surface area contributed by atoms with Crippen LogP contribution < -0.4 is 10.1 Å². The maximum absolute atomic E-state index is 5.22. The molecule has 0 aliphatic carbocycles. The molecule has 4 heteroatoms. The topological polar surface area (TPSA) is 34.2 Å². The lowest BCUT2D eigenvalue weighted by atomic mass is 10.1. The molecule has 1 heterocycles. The van der Waals surface area contributed by atoms with Gasteiger partial charge in [-0.25, -0.2) is 4.98 Å². The predicted molar refractivity (Wildman–Crippen MR) is 68.4 cm³/mol. The summed E-state index contributed by atoms with van der Waals surface area (Å²) < 4.78 is 5.22. The van der Waals surface area contributed by atoms with Crippen LogP contribution in [0.1, 0.15) is 5.69 Å². The third-order valence-corrected chi connectivity index (χ3v) is 3.57. The van der Waals surface area contributed by atoms with Crippen molar-refractivity contribution in [2.24, 2.45) is 0 Å². The fourth-order valence-corrected chi connectivity index (χ4v) is 2.45. The number of methoxy groups -OCH3 is 1. The predicted octanol–water partition coefficient (Wildman–Crippen LogP) is 3.17. The molecule has 0 fully saturated rings. The maximum Gasteiger partial charge on any atom is 0.183 e. The Kier molecular flexibility index (Phi) is 3.10. The first-order valence-electron chi connectivity index (χ1n) is 5.04. The van der Waals surface area contributed by atoms with Gasteiger partial charge >= 0.3 is 0 Å². The molecule has 1 N–H and O–H groups in total. The zero-order valence-corrected chi connectivity index (χ0v) is 10.4. The van der Waals surface area contributed by atoms with E-state index in [1.54, 1.807) is 18.4 Å². The average molecular weight is 234 g/mol. The van der Waals surface area contributed by atoms with Crippen molar-refractivity contribution >= 4 is 16.5 Å². The van der Waals surface area contributed by atoms with E-state index in [0.29, 0.717) is 0 Å². The second-order valence-electron chi connectivity index (χ2n) is 3.42. The van der Waals surface area contributed by atoms with Crippen molar-refractivity contribution in [3.63, 3.8) is 0 Å². The highest BCUT2D eigenvalue weighted by atomic mass is 32.1. The highest BCUT2D eigenvalue weighted by Gasteiger charge is 2.09. The van der Waals surface area contributed by atoms with Gasteiger partial charge < -0.3 is 10.1 Å². The number of ether oxygens (including phenoxy) is 1. The van der Waals surface area contributed by atoms with Crippen LogP contribution in [-0.4, -0.2) is 19.1 Å². The van der Waals surface area contributed by atoms with Crippen molar-refractivity contribution in [1.82, 2.24) is 4.98 Å². The minimum Gasteiger partial charge on any atom is -0.497 e. The molecule has 2 aromatic rings. The normalized spacial score (nSPS) is 10.2. The lowest BCUT2D eigenvalue weighted by Crippen LogP contribution is -1.85. The van der Waals surface area contributed by atoms with Gasteiger partial charge in [0.2, 0.25) is 0 Å². The summed E-state index contributed by atoms with van der Waals surface area (Å²) in [6.45, 7) is 2.02. The summed E-state index contributed by atoms with van der Waals surface area (Å²) >= 11 is 1.65. The zero-order valence-electron chi connectivity index (χ0n) is 9.57. The van der Waals surface area contributed by atoms with Crippen LogP contribution in [0, 0.1) is 6.92 Å². The van der Waals surface area contributed by atoms with Crippen molar-refractivity contribution in [2.75, 3.05) is 19.5 Å². The Morgan fingerprint density at radius 1 is 1.38 bits per heavy atom. The summed E-state index contributed by atoms with van der Waals surface area (Å²) in [4.78, 5) is 5.61. The molecule has 0 saturated heterocycles. The van der Waals surface area contributed by atoms with Crippen molar-refractivity contribution < 1.29 is 4.74 Å². The fraction of sp³-hybridized carbons (Fsp3) is 0.250. The van der Waals surface area contributed by atoms with Gasteiger partial charge in [-0.3, -0.25) is 0 Å². The first kappa shape index (κ1) is 11.0. The van der Waals surface area contributed by atoms with E-state index in [-0.39, 0.29) is 0 Å². The Labute approximate surface area is 99.1 Å². The van der Waals surface area contributed by atoms with Gasteiger partial charge in [-0.15, -0.1) is 0 Å². The number of nitrogens with zero attached hydrogens (tertiary/aromatic N) is 1. The van der Waals surface area contributed by atoms with E-state index in [1.807, 2.05) is 32.2 Å². The van der Waals surface area contributed by atoms with Crippen LogP contribution in [0.2, 0.25) is 0 Å². The molecule has 0 radical (unpaired) electrons. The largest absolute Gasteiger partial charge is 0.497 e. The number of anilines is 1. The molecule has 2 rings (SSSR count). The van der Waals surface area contributed by atoms with Crippen LogP contribution in [0.4, 0.5) is 5.13 Å². The SMILES string of the molecule is CNc1nc(C)c(-c2cccc(OC)c2)s1. The van der Waals surface area contributed by atoms with Gasteiger partial charge in [-0.05, 0) is 24.6 Å². The number of rotatable bonds is 3. The van der Waals surface area contributed by atoms with Gasteiger partial charge in [-0.1, -0.05) is 23.5 Å². The highest BCUT2D eigenvalue weighted by molar-refractivity contribution is 7.19. The van der Waals surface area contributed by atoms with Gasteiger partial charge in [0, 0.05) is 7.05 Å². The first-order chi connectivity index (χ1) is 7.74.